The Kier molecular flexibility index (Phi) is 6.71. The lowest BCUT2D eigenvalue weighted by Crippen LogP contribution is -2.34. The molecule has 0 spiro atoms. The van der Waals surface area contributed by atoms with Crippen molar-refractivity contribution in [3.05, 3.63) is 93.2 Å². The summed E-state index contributed by atoms with van der Waals surface area (Å²) < 4.78 is 15.0. The summed E-state index contributed by atoms with van der Waals surface area (Å²) in [5, 5.41) is 9.50. The Bertz CT molecular complexity index is 1450. The first kappa shape index (κ1) is 24.2. The van der Waals surface area contributed by atoms with Crippen molar-refractivity contribution < 1.29 is 19.4 Å². The van der Waals surface area contributed by atoms with Gasteiger partial charge in [-0.05, 0) is 72.0 Å². The van der Waals surface area contributed by atoms with Crippen molar-refractivity contribution in [1.29, 1.82) is 0 Å². The molecule has 4 aromatic rings. The minimum atomic E-state index is -0.929. The highest BCUT2D eigenvalue weighted by molar-refractivity contribution is 9.10. The molecule has 0 saturated carbocycles. The van der Waals surface area contributed by atoms with Gasteiger partial charge in [-0.2, -0.15) is 0 Å². The highest BCUT2D eigenvalue weighted by Gasteiger charge is 2.24. The van der Waals surface area contributed by atoms with E-state index in [0.717, 1.165) is 65.2 Å². The Labute approximate surface area is 223 Å². The number of rotatable bonds is 8. The quantitative estimate of drug-likeness (QED) is 0.309. The van der Waals surface area contributed by atoms with Crippen molar-refractivity contribution in [3.8, 4) is 5.75 Å². The molecule has 1 saturated heterocycles. The molecule has 190 valence electrons. The number of hydrogen-bond donors (Lipinski definition) is 1. The number of ether oxygens (including phenoxy) is 2. The Morgan fingerprint density at radius 3 is 2.70 bits per heavy atom. The van der Waals surface area contributed by atoms with Crippen molar-refractivity contribution in [1.82, 2.24) is 14.5 Å². The number of nitrogens with zero attached hydrogens (tertiary/aromatic N) is 3. The molecule has 2 aliphatic heterocycles. The van der Waals surface area contributed by atoms with E-state index < -0.39 is 5.97 Å². The third kappa shape index (κ3) is 5.28. The number of carbonyl (C=O) groups is 1. The summed E-state index contributed by atoms with van der Waals surface area (Å²) in [4.78, 5) is 18.9. The van der Waals surface area contributed by atoms with E-state index in [1.54, 1.807) is 18.2 Å². The average Bonchev–Trinajstić information content (AvgIpc) is 3.21. The highest BCUT2D eigenvalue weighted by atomic mass is 79.9. The van der Waals surface area contributed by atoms with E-state index in [2.05, 4.69) is 55.7 Å². The fourth-order valence-corrected chi connectivity index (χ4v) is 5.29. The molecule has 0 amide bonds. The molecule has 0 unspecified atom stereocenters. The smallest absolute Gasteiger partial charge is 0.335 e. The molecule has 3 aromatic carbocycles. The Hall–Kier alpha value is -3.20. The van der Waals surface area contributed by atoms with Crippen LogP contribution in [0.4, 0.5) is 0 Å². The van der Waals surface area contributed by atoms with Crippen LogP contribution in [0.1, 0.15) is 39.3 Å². The van der Waals surface area contributed by atoms with Gasteiger partial charge in [-0.1, -0.05) is 34.1 Å². The van der Waals surface area contributed by atoms with Crippen LogP contribution in [0.5, 0.6) is 5.75 Å². The molecule has 0 aliphatic carbocycles. The Balaban J connectivity index is 1.20. The summed E-state index contributed by atoms with van der Waals surface area (Å²) in [7, 11) is 0. The molecule has 2 aliphatic rings. The molecular formula is C29H28BrN3O4. The van der Waals surface area contributed by atoms with Gasteiger partial charge in [-0.3, -0.25) is 4.90 Å². The molecule has 1 N–H and O–H groups in total. The van der Waals surface area contributed by atoms with E-state index in [1.807, 2.05) is 12.1 Å². The number of aromatic carboxylic acids is 1. The molecule has 6 rings (SSSR count). The maximum atomic E-state index is 11.6. The Morgan fingerprint density at radius 2 is 1.95 bits per heavy atom. The summed E-state index contributed by atoms with van der Waals surface area (Å²) >= 11 is 3.47. The van der Waals surface area contributed by atoms with Crippen LogP contribution in [-0.4, -0.2) is 44.8 Å². The maximum Gasteiger partial charge on any atom is 0.335 e. The van der Waals surface area contributed by atoms with Crippen LogP contribution in [-0.2, 0) is 37.4 Å². The monoisotopic (exact) mass is 561 g/mol. The van der Waals surface area contributed by atoms with E-state index in [0.29, 0.717) is 19.7 Å². The Morgan fingerprint density at radius 1 is 1.11 bits per heavy atom. The molecule has 7 nitrogen and oxygen atoms in total. The zero-order chi connectivity index (χ0) is 25.4. The van der Waals surface area contributed by atoms with E-state index in [-0.39, 0.29) is 11.7 Å². The second-order valence-corrected chi connectivity index (χ2v) is 10.7. The van der Waals surface area contributed by atoms with Crippen LogP contribution in [0.25, 0.3) is 11.0 Å². The number of carboxylic acid groups (broad SMARTS) is 1. The third-order valence-electron chi connectivity index (χ3n) is 7.21. The van der Waals surface area contributed by atoms with E-state index in [1.165, 1.54) is 11.1 Å². The molecule has 1 fully saturated rings. The first-order valence-corrected chi connectivity index (χ1v) is 13.4. The molecule has 0 radical (unpaired) electrons. The normalized spacial score (nSPS) is 17.4. The number of halogens is 1. The minimum absolute atomic E-state index is 0.150. The molecule has 8 heteroatoms. The van der Waals surface area contributed by atoms with Gasteiger partial charge < -0.3 is 19.1 Å². The SMILES string of the molecule is O=C(O)c1ccc2nc(CN3CCc4ccc(OCc5ccc(Br)cc5)cc4C3)n(C[C@@H]3CCO3)c2c1. The van der Waals surface area contributed by atoms with Gasteiger partial charge in [-0.15, -0.1) is 0 Å². The molecule has 0 bridgehead atoms. The maximum absolute atomic E-state index is 11.6. The summed E-state index contributed by atoms with van der Waals surface area (Å²) in [5.41, 5.74) is 5.71. The van der Waals surface area contributed by atoms with Crippen LogP contribution in [0.15, 0.2) is 65.1 Å². The van der Waals surface area contributed by atoms with Crippen molar-refractivity contribution in [2.24, 2.45) is 0 Å². The van der Waals surface area contributed by atoms with Crippen LogP contribution < -0.4 is 4.74 Å². The van der Waals surface area contributed by atoms with Crippen LogP contribution in [0, 0.1) is 0 Å². The number of aromatic nitrogens is 2. The molecule has 1 atom stereocenters. The van der Waals surface area contributed by atoms with Gasteiger partial charge in [0.25, 0.3) is 0 Å². The zero-order valence-electron chi connectivity index (χ0n) is 20.4. The molecule has 1 aromatic heterocycles. The number of hydrogen-bond acceptors (Lipinski definition) is 5. The predicted octanol–water partition coefficient (Wildman–Crippen LogP) is 5.42. The van der Waals surface area contributed by atoms with Gasteiger partial charge in [0.2, 0.25) is 0 Å². The van der Waals surface area contributed by atoms with E-state index in [9.17, 15) is 9.90 Å². The third-order valence-corrected chi connectivity index (χ3v) is 7.74. The van der Waals surface area contributed by atoms with E-state index in [4.69, 9.17) is 14.5 Å². The largest absolute Gasteiger partial charge is 0.489 e. The van der Waals surface area contributed by atoms with Crippen molar-refractivity contribution in [2.75, 3.05) is 13.2 Å². The lowest BCUT2D eigenvalue weighted by atomic mass is 9.99. The van der Waals surface area contributed by atoms with Gasteiger partial charge >= 0.3 is 5.97 Å². The van der Waals surface area contributed by atoms with Crippen molar-refractivity contribution >= 4 is 32.9 Å². The number of benzene rings is 3. The highest BCUT2D eigenvalue weighted by Crippen LogP contribution is 2.28. The van der Waals surface area contributed by atoms with Crippen LogP contribution in [0.3, 0.4) is 0 Å². The van der Waals surface area contributed by atoms with Gasteiger partial charge in [0.05, 0.1) is 35.8 Å². The van der Waals surface area contributed by atoms with E-state index >= 15 is 0 Å². The first-order valence-electron chi connectivity index (χ1n) is 12.6. The fourth-order valence-electron chi connectivity index (χ4n) is 5.03. The predicted molar refractivity (Wildman–Crippen MR) is 144 cm³/mol. The second kappa shape index (κ2) is 10.3. The van der Waals surface area contributed by atoms with Gasteiger partial charge in [0.15, 0.2) is 0 Å². The molecule has 3 heterocycles. The minimum Gasteiger partial charge on any atom is -0.489 e. The number of carboxylic acids is 1. The topological polar surface area (TPSA) is 76.8 Å². The fraction of sp³-hybridized carbons (Fsp3) is 0.310. The lowest BCUT2D eigenvalue weighted by molar-refractivity contribution is -0.0592. The summed E-state index contributed by atoms with van der Waals surface area (Å²) in [6.45, 7) is 4.44. The average molecular weight is 562 g/mol. The summed E-state index contributed by atoms with van der Waals surface area (Å²) in [6.07, 6.45) is 2.13. The number of imidazole rings is 1. The number of fused-ring (bicyclic) bond motifs is 2. The first-order chi connectivity index (χ1) is 18.0. The standard InChI is InChI=1S/C29H28BrN3O4/c30-23-5-1-19(2-6-23)18-37-24-7-3-20-9-11-32(15-22(20)13-24)17-28-31-26-8-4-21(29(34)35)14-27(26)33(28)16-25-10-12-36-25/h1-8,13-14,25H,9-12,15-18H2,(H,34,35)/t25-/m0/s1. The lowest BCUT2D eigenvalue weighted by Gasteiger charge is -2.30. The van der Waals surface area contributed by atoms with Crippen molar-refractivity contribution in [2.45, 2.75) is 45.2 Å². The van der Waals surface area contributed by atoms with Crippen molar-refractivity contribution in [3.63, 3.8) is 0 Å². The van der Waals surface area contributed by atoms with Gasteiger partial charge in [0, 0.05) is 24.2 Å². The van der Waals surface area contributed by atoms with Gasteiger partial charge in [-0.25, -0.2) is 9.78 Å². The summed E-state index contributed by atoms with van der Waals surface area (Å²) in [6, 6.07) is 19.7. The molecule has 37 heavy (non-hydrogen) atoms. The summed E-state index contributed by atoms with van der Waals surface area (Å²) in [5.74, 6) is 0.889. The van der Waals surface area contributed by atoms with Crippen LogP contribution in [0.2, 0.25) is 0 Å². The van der Waals surface area contributed by atoms with Crippen LogP contribution >= 0.6 is 15.9 Å². The van der Waals surface area contributed by atoms with Gasteiger partial charge in [0.1, 0.15) is 18.2 Å². The zero-order valence-corrected chi connectivity index (χ0v) is 22.0. The second-order valence-electron chi connectivity index (χ2n) is 9.74. The molecular weight excluding hydrogens is 534 g/mol.